The molecular formula is C24H25N3O4S. The highest BCUT2D eigenvalue weighted by Gasteiger charge is 2.43. The van der Waals surface area contributed by atoms with Gasteiger partial charge in [0, 0.05) is 25.5 Å². The van der Waals surface area contributed by atoms with Crippen LogP contribution < -0.4 is 4.74 Å². The Labute approximate surface area is 190 Å². The number of hydrogen-bond acceptors (Lipinski definition) is 6. The van der Waals surface area contributed by atoms with E-state index in [1.54, 1.807) is 34.9 Å². The summed E-state index contributed by atoms with van der Waals surface area (Å²) in [5, 5.41) is 12.5. The second-order valence-corrected chi connectivity index (χ2v) is 8.81. The standard InChI is InChI=1S/C24H25N3O4S/c1-16(2)31-18-8-6-17(7-9-18)21-20(22(28)19-5-3-14-32-19)23(29)24(30)27(21)12-4-11-26-13-10-25-15-26/h3,5-10,13-16,21,29H,4,11-12H2,1-2H3. The third-order valence-electron chi connectivity index (χ3n) is 5.24. The Kier molecular flexibility index (Phi) is 6.41. The Morgan fingerprint density at radius 3 is 2.62 bits per heavy atom. The fraction of sp³-hybridized carbons (Fsp3) is 0.292. The minimum absolute atomic E-state index is 0.0356. The predicted molar refractivity (Wildman–Crippen MR) is 122 cm³/mol. The molecule has 0 aliphatic carbocycles. The van der Waals surface area contributed by atoms with Crippen LogP contribution in [0.1, 0.15) is 41.5 Å². The zero-order valence-corrected chi connectivity index (χ0v) is 18.8. The summed E-state index contributed by atoms with van der Waals surface area (Å²) in [6.07, 6.45) is 5.97. The van der Waals surface area contributed by atoms with Crippen LogP contribution in [0.5, 0.6) is 5.75 Å². The van der Waals surface area contributed by atoms with Gasteiger partial charge < -0.3 is 19.3 Å². The van der Waals surface area contributed by atoms with Crippen molar-refractivity contribution in [3.8, 4) is 5.75 Å². The Morgan fingerprint density at radius 2 is 2.00 bits per heavy atom. The molecule has 1 unspecified atom stereocenters. The molecule has 1 N–H and O–H groups in total. The highest BCUT2D eigenvalue weighted by Crippen LogP contribution is 2.40. The van der Waals surface area contributed by atoms with Gasteiger partial charge in [-0.3, -0.25) is 9.59 Å². The molecule has 3 heterocycles. The van der Waals surface area contributed by atoms with Crippen molar-refractivity contribution in [1.29, 1.82) is 0 Å². The monoisotopic (exact) mass is 451 g/mol. The van der Waals surface area contributed by atoms with E-state index in [4.69, 9.17) is 4.74 Å². The van der Waals surface area contributed by atoms with E-state index >= 15 is 0 Å². The van der Waals surface area contributed by atoms with E-state index in [1.807, 2.05) is 48.9 Å². The molecule has 1 aliphatic heterocycles. The Bertz CT molecular complexity index is 1100. The number of amides is 1. The highest BCUT2D eigenvalue weighted by molar-refractivity contribution is 7.12. The van der Waals surface area contributed by atoms with Crippen molar-refractivity contribution in [2.75, 3.05) is 6.54 Å². The number of ether oxygens (including phenoxy) is 1. The van der Waals surface area contributed by atoms with E-state index in [0.717, 1.165) is 5.56 Å². The van der Waals surface area contributed by atoms with Gasteiger partial charge in [0.25, 0.3) is 5.91 Å². The summed E-state index contributed by atoms with van der Waals surface area (Å²) in [5.41, 5.74) is 0.874. The highest BCUT2D eigenvalue weighted by atomic mass is 32.1. The van der Waals surface area contributed by atoms with E-state index in [-0.39, 0.29) is 17.5 Å². The van der Waals surface area contributed by atoms with Gasteiger partial charge in [0.2, 0.25) is 5.78 Å². The van der Waals surface area contributed by atoms with E-state index in [9.17, 15) is 14.7 Å². The average Bonchev–Trinajstić information content (AvgIpc) is 3.52. The van der Waals surface area contributed by atoms with Crippen LogP contribution in [0.15, 0.2) is 71.8 Å². The molecule has 0 saturated carbocycles. The van der Waals surface area contributed by atoms with Gasteiger partial charge >= 0.3 is 0 Å². The lowest BCUT2D eigenvalue weighted by Crippen LogP contribution is -2.32. The van der Waals surface area contributed by atoms with Crippen molar-refractivity contribution in [3.63, 3.8) is 0 Å². The van der Waals surface area contributed by atoms with Crippen LogP contribution in [0.3, 0.4) is 0 Å². The normalized spacial score (nSPS) is 16.3. The van der Waals surface area contributed by atoms with Crippen molar-refractivity contribution in [2.24, 2.45) is 0 Å². The van der Waals surface area contributed by atoms with Crippen LogP contribution >= 0.6 is 11.3 Å². The van der Waals surface area contributed by atoms with Crippen molar-refractivity contribution < 1.29 is 19.4 Å². The SMILES string of the molecule is CC(C)Oc1ccc(C2C(C(=O)c3cccs3)=C(O)C(=O)N2CCCn2ccnc2)cc1. The van der Waals surface area contributed by atoms with Gasteiger partial charge in [-0.1, -0.05) is 18.2 Å². The molecule has 4 rings (SSSR count). The summed E-state index contributed by atoms with van der Waals surface area (Å²) in [7, 11) is 0. The number of hydrogen-bond donors (Lipinski definition) is 1. The van der Waals surface area contributed by atoms with Crippen molar-refractivity contribution in [2.45, 2.75) is 39.0 Å². The first-order valence-corrected chi connectivity index (χ1v) is 11.4. The van der Waals surface area contributed by atoms with Crippen LogP contribution in [-0.4, -0.2) is 43.9 Å². The van der Waals surface area contributed by atoms with Crippen LogP contribution in [0.25, 0.3) is 0 Å². The zero-order chi connectivity index (χ0) is 22.7. The van der Waals surface area contributed by atoms with Crippen LogP contribution in [0, 0.1) is 0 Å². The summed E-state index contributed by atoms with van der Waals surface area (Å²) in [4.78, 5) is 32.3. The minimum atomic E-state index is -0.659. The van der Waals surface area contributed by atoms with E-state index in [1.165, 1.54) is 11.3 Å². The molecule has 8 heteroatoms. The van der Waals surface area contributed by atoms with Gasteiger partial charge in [0.1, 0.15) is 5.75 Å². The summed E-state index contributed by atoms with van der Waals surface area (Å²) in [6.45, 7) is 4.96. The molecule has 2 aromatic heterocycles. The maximum atomic E-state index is 13.2. The second kappa shape index (κ2) is 9.40. The van der Waals surface area contributed by atoms with Crippen molar-refractivity contribution in [1.82, 2.24) is 14.5 Å². The second-order valence-electron chi connectivity index (χ2n) is 7.86. The Balaban J connectivity index is 1.64. The molecule has 32 heavy (non-hydrogen) atoms. The lowest BCUT2D eigenvalue weighted by atomic mass is 9.95. The molecule has 0 saturated heterocycles. The van der Waals surface area contributed by atoms with E-state index in [0.29, 0.717) is 30.1 Å². The van der Waals surface area contributed by atoms with Gasteiger partial charge in [-0.2, -0.15) is 0 Å². The smallest absolute Gasteiger partial charge is 0.290 e. The summed E-state index contributed by atoms with van der Waals surface area (Å²) >= 11 is 1.29. The van der Waals surface area contributed by atoms with Gasteiger partial charge in [-0.05, 0) is 49.4 Å². The fourth-order valence-corrected chi connectivity index (χ4v) is 4.52. The van der Waals surface area contributed by atoms with E-state index < -0.39 is 17.7 Å². The Morgan fingerprint density at radius 1 is 1.22 bits per heavy atom. The molecule has 0 fully saturated rings. The fourth-order valence-electron chi connectivity index (χ4n) is 3.85. The number of rotatable bonds is 9. The number of aliphatic hydroxyl groups is 1. The molecule has 7 nitrogen and oxygen atoms in total. The molecule has 0 bridgehead atoms. The third kappa shape index (κ3) is 4.45. The molecular weight excluding hydrogens is 426 g/mol. The number of carbonyl (C=O) groups is 2. The maximum Gasteiger partial charge on any atom is 0.290 e. The lowest BCUT2D eigenvalue weighted by Gasteiger charge is -2.27. The molecule has 1 atom stereocenters. The number of nitrogens with zero attached hydrogens (tertiary/aromatic N) is 3. The number of benzene rings is 1. The topological polar surface area (TPSA) is 84.7 Å². The molecule has 3 aromatic rings. The van der Waals surface area contributed by atoms with Crippen molar-refractivity contribution in [3.05, 3.63) is 82.3 Å². The first-order valence-electron chi connectivity index (χ1n) is 10.5. The molecule has 0 spiro atoms. The number of Topliss-reactive ketones (excluding diaryl/α,β-unsaturated/α-hetero) is 1. The third-order valence-corrected chi connectivity index (χ3v) is 6.10. The number of aryl methyl sites for hydroxylation is 1. The summed E-state index contributed by atoms with van der Waals surface area (Å²) in [5.74, 6) is -0.615. The molecule has 166 valence electrons. The van der Waals surface area contributed by atoms with Crippen LogP contribution in [0.4, 0.5) is 0 Å². The number of aliphatic hydroxyl groups excluding tert-OH is 1. The van der Waals surface area contributed by atoms with Gasteiger partial charge in [-0.15, -0.1) is 11.3 Å². The largest absolute Gasteiger partial charge is 0.503 e. The van der Waals surface area contributed by atoms with E-state index in [2.05, 4.69) is 4.98 Å². The molecule has 1 aromatic carbocycles. The maximum absolute atomic E-state index is 13.2. The number of thiophene rings is 1. The predicted octanol–water partition coefficient (Wildman–Crippen LogP) is 4.40. The lowest BCUT2D eigenvalue weighted by molar-refractivity contribution is -0.129. The summed E-state index contributed by atoms with van der Waals surface area (Å²) in [6, 6.07) is 10.2. The number of imidazole rings is 1. The summed E-state index contributed by atoms with van der Waals surface area (Å²) < 4.78 is 7.65. The molecule has 1 amide bonds. The molecule has 1 aliphatic rings. The number of aromatic nitrogens is 2. The van der Waals surface area contributed by atoms with Crippen LogP contribution in [-0.2, 0) is 11.3 Å². The number of ketones is 1. The van der Waals surface area contributed by atoms with Crippen LogP contribution in [0.2, 0.25) is 0 Å². The minimum Gasteiger partial charge on any atom is -0.503 e. The van der Waals surface area contributed by atoms with Gasteiger partial charge in [-0.25, -0.2) is 4.98 Å². The average molecular weight is 452 g/mol. The number of carbonyl (C=O) groups excluding carboxylic acids is 2. The first-order chi connectivity index (χ1) is 15.5. The van der Waals surface area contributed by atoms with Crippen molar-refractivity contribution >= 4 is 23.0 Å². The molecule has 0 radical (unpaired) electrons. The first kappa shape index (κ1) is 21.8. The Hall–Kier alpha value is -3.39. The van der Waals surface area contributed by atoms with Gasteiger partial charge in [0.05, 0.1) is 28.9 Å². The van der Waals surface area contributed by atoms with Gasteiger partial charge in [0.15, 0.2) is 5.76 Å². The zero-order valence-electron chi connectivity index (χ0n) is 18.0. The quantitative estimate of drug-likeness (QED) is 0.488.